The van der Waals surface area contributed by atoms with Gasteiger partial charge in [0.2, 0.25) is 11.8 Å². The molecule has 0 spiro atoms. The number of nitrogens with zero attached hydrogens (tertiary/aromatic N) is 3. The molecule has 1 aromatic heterocycles. The first-order valence-electron chi connectivity index (χ1n) is 5.56. The van der Waals surface area contributed by atoms with Gasteiger partial charge < -0.3 is 9.64 Å². The van der Waals surface area contributed by atoms with Gasteiger partial charge in [0.15, 0.2) is 0 Å². The minimum atomic E-state index is 0.00553. The van der Waals surface area contributed by atoms with Crippen LogP contribution in [0.5, 0.6) is 5.88 Å². The van der Waals surface area contributed by atoms with E-state index in [1.807, 2.05) is 0 Å². The predicted molar refractivity (Wildman–Crippen MR) is 63.0 cm³/mol. The summed E-state index contributed by atoms with van der Waals surface area (Å²) in [6, 6.07) is 0. The lowest BCUT2D eigenvalue weighted by molar-refractivity contribution is -0.130. The van der Waals surface area contributed by atoms with Crippen molar-refractivity contribution in [2.24, 2.45) is 0 Å². The fourth-order valence-electron chi connectivity index (χ4n) is 1.81. The Kier molecular flexibility index (Phi) is 4.14. The Hall–Kier alpha value is -1.36. The van der Waals surface area contributed by atoms with Gasteiger partial charge in [-0.05, 0) is 0 Å². The van der Waals surface area contributed by atoms with Crippen molar-refractivity contribution < 1.29 is 9.53 Å². The van der Waals surface area contributed by atoms with Crippen LogP contribution >= 0.6 is 11.6 Å². The molecule has 0 bridgehead atoms. The molecule has 1 unspecified atom stereocenters. The van der Waals surface area contributed by atoms with Gasteiger partial charge in [-0.15, -0.1) is 11.6 Å². The summed E-state index contributed by atoms with van der Waals surface area (Å²) in [7, 11) is 0. The summed E-state index contributed by atoms with van der Waals surface area (Å²) < 4.78 is 5.63. The summed E-state index contributed by atoms with van der Waals surface area (Å²) in [5.41, 5.74) is 0. The van der Waals surface area contributed by atoms with Crippen molar-refractivity contribution in [2.75, 3.05) is 19.0 Å². The number of alkyl halides is 1. The molecule has 1 amide bonds. The molecule has 1 saturated heterocycles. The highest BCUT2D eigenvalue weighted by Gasteiger charge is 2.27. The summed E-state index contributed by atoms with van der Waals surface area (Å²) in [6.45, 7) is 1.33. The highest BCUT2D eigenvalue weighted by atomic mass is 35.5. The molecular formula is C11H14ClN3O2. The molecule has 92 valence electrons. The Bertz CT molecular complexity index is 374. The molecule has 1 atom stereocenters. The average molecular weight is 256 g/mol. The topological polar surface area (TPSA) is 55.3 Å². The molecule has 1 aliphatic rings. The molecule has 1 fully saturated rings. The number of hydrogen-bond donors (Lipinski definition) is 0. The monoisotopic (exact) mass is 255 g/mol. The molecule has 2 rings (SSSR count). The number of carbonyl (C=O) groups excluding carboxylic acids is 1. The second-order valence-electron chi connectivity index (χ2n) is 3.85. The Morgan fingerprint density at radius 3 is 3.18 bits per heavy atom. The number of hydrogen-bond acceptors (Lipinski definition) is 4. The molecule has 17 heavy (non-hydrogen) atoms. The van der Waals surface area contributed by atoms with E-state index in [0.29, 0.717) is 24.7 Å². The summed E-state index contributed by atoms with van der Waals surface area (Å²) in [5, 5.41) is 0. The first-order chi connectivity index (χ1) is 8.29. The van der Waals surface area contributed by atoms with Gasteiger partial charge in [-0.3, -0.25) is 9.78 Å². The number of aromatic nitrogens is 2. The summed E-state index contributed by atoms with van der Waals surface area (Å²) >= 11 is 5.54. The van der Waals surface area contributed by atoms with E-state index >= 15 is 0 Å². The van der Waals surface area contributed by atoms with Crippen LogP contribution in [0, 0.1) is 0 Å². The van der Waals surface area contributed by atoms with Gasteiger partial charge in [0.05, 0.1) is 12.7 Å². The molecular weight excluding hydrogens is 242 g/mol. The minimum absolute atomic E-state index is 0.00553. The van der Waals surface area contributed by atoms with E-state index in [1.165, 1.54) is 0 Å². The lowest BCUT2D eigenvalue weighted by atomic mass is 10.3. The van der Waals surface area contributed by atoms with Crippen molar-refractivity contribution in [1.82, 2.24) is 14.9 Å². The Labute approximate surface area is 105 Å². The van der Waals surface area contributed by atoms with Crippen molar-refractivity contribution in [3.05, 3.63) is 18.6 Å². The van der Waals surface area contributed by atoms with Crippen LogP contribution in [0.4, 0.5) is 0 Å². The van der Waals surface area contributed by atoms with Gasteiger partial charge in [0.25, 0.3) is 0 Å². The minimum Gasteiger partial charge on any atom is -0.471 e. The van der Waals surface area contributed by atoms with Crippen LogP contribution in [0.2, 0.25) is 0 Å². The fraction of sp³-hybridized carbons (Fsp3) is 0.545. The van der Waals surface area contributed by atoms with E-state index in [1.54, 1.807) is 23.5 Å². The van der Waals surface area contributed by atoms with E-state index < -0.39 is 0 Å². The smallest absolute Gasteiger partial charge is 0.232 e. The maximum absolute atomic E-state index is 11.6. The van der Waals surface area contributed by atoms with Crippen LogP contribution < -0.4 is 4.74 Å². The van der Waals surface area contributed by atoms with Crippen molar-refractivity contribution >= 4 is 17.5 Å². The molecule has 0 aromatic carbocycles. The van der Waals surface area contributed by atoms with E-state index in [0.717, 1.165) is 13.0 Å². The Balaban J connectivity index is 1.84. The zero-order valence-electron chi connectivity index (χ0n) is 9.38. The number of rotatable bonds is 4. The lowest BCUT2D eigenvalue weighted by Crippen LogP contribution is -2.31. The van der Waals surface area contributed by atoms with Crippen LogP contribution in [0.1, 0.15) is 12.8 Å². The number of ether oxygens (including phenoxy) is 1. The van der Waals surface area contributed by atoms with Crippen LogP contribution in [-0.2, 0) is 4.79 Å². The zero-order valence-corrected chi connectivity index (χ0v) is 10.1. The molecule has 0 saturated carbocycles. The zero-order chi connectivity index (χ0) is 12.1. The molecule has 0 aliphatic carbocycles. The standard InChI is InChI=1S/C11H14ClN3O2/c12-3-1-11(16)15-6-2-9(8-15)17-10-7-13-4-5-14-10/h4-5,7,9H,1-3,6,8H2. The van der Waals surface area contributed by atoms with Crippen molar-refractivity contribution in [3.8, 4) is 5.88 Å². The second-order valence-corrected chi connectivity index (χ2v) is 4.23. The molecule has 2 heterocycles. The van der Waals surface area contributed by atoms with Gasteiger partial charge in [-0.1, -0.05) is 0 Å². The quantitative estimate of drug-likeness (QED) is 0.756. The summed E-state index contributed by atoms with van der Waals surface area (Å²) in [6.07, 6.45) is 5.97. The fourth-order valence-corrected chi connectivity index (χ4v) is 1.97. The number of likely N-dealkylation sites (tertiary alicyclic amines) is 1. The van der Waals surface area contributed by atoms with Gasteiger partial charge in [-0.2, -0.15) is 0 Å². The Morgan fingerprint density at radius 2 is 2.47 bits per heavy atom. The normalized spacial score (nSPS) is 19.4. The van der Waals surface area contributed by atoms with Crippen molar-refractivity contribution in [3.63, 3.8) is 0 Å². The Morgan fingerprint density at radius 1 is 1.59 bits per heavy atom. The van der Waals surface area contributed by atoms with Crippen LogP contribution in [0.3, 0.4) is 0 Å². The highest BCUT2D eigenvalue weighted by molar-refractivity contribution is 6.18. The molecule has 0 N–H and O–H groups in total. The SMILES string of the molecule is O=C(CCCl)N1CCC(Oc2cnccn2)C1. The molecule has 1 aliphatic heterocycles. The third-order valence-corrected chi connectivity index (χ3v) is 2.82. The van der Waals surface area contributed by atoms with Crippen molar-refractivity contribution in [2.45, 2.75) is 18.9 Å². The predicted octanol–water partition coefficient (Wildman–Crippen LogP) is 1.09. The number of carbonyl (C=O) groups is 1. The molecule has 1 aromatic rings. The molecule has 5 nitrogen and oxygen atoms in total. The number of amides is 1. The molecule has 0 radical (unpaired) electrons. The first kappa shape index (κ1) is 12.1. The van der Waals surface area contributed by atoms with Gasteiger partial charge in [0.1, 0.15) is 6.10 Å². The first-order valence-corrected chi connectivity index (χ1v) is 6.09. The van der Waals surface area contributed by atoms with Gasteiger partial charge >= 0.3 is 0 Å². The highest BCUT2D eigenvalue weighted by Crippen LogP contribution is 2.16. The lowest BCUT2D eigenvalue weighted by Gasteiger charge is -2.16. The van der Waals surface area contributed by atoms with E-state index in [-0.39, 0.29) is 12.0 Å². The van der Waals surface area contributed by atoms with E-state index in [4.69, 9.17) is 16.3 Å². The largest absolute Gasteiger partial charge is 0.471 e. The van der Waals surface area contributed by atoms with Crippen LogP contribution in [-0.4, -0.2) is 45.8 Å². The van der Waals surface area contributed by atoms with E-state index in [9.17, 15) is 4.79 Å². The van der Waals surface area contributed by atoms with E-state index in [2.05, 4.69) is 9.97 Å². The third-order valence-electron chi connectivity index (χ3n) is 2.63. The third kappa shape index (κ3) is 3.30. The van der Waals surface area contributed by atoms with Crippen LogP contribution in [0.15, 0.2) is 18.6 Å². The molecule has 6 heteroatoms. The average Bonchev–Trinajstić information content (AvgIpc) is 2.79. The van der Waals surface area contributed by atoms with Crippen LogP contribution in [0.25, 0.3) is 0 Å². The maximum Gasteiger partial charge on any atom is 0.232 e. The van der Waals surface area contributed by atoms with Gasteiger partial charge in [-0.25, -0.2) is 4.98 Å². The second kappa shape index (κ2) is 5.82. The summed E-state index contributed by atoms with van der Waals surface area (Å²) in [5.74, 6) is 0.958. The number of halogens is 1. The maximum atomic E-state index is 11.6. The van der Waals surface area contributed by atoms with Crippen molar-refractivity contribution in [1.29, 1.82) is 0 Å². The summed E-state index contributed by atoms with van der Waals surface area (Å²) in [4.78, 5) is 21.3. The van der Waals surface area contributed by atoms with Gasteiger partial charge in [0, 0.05) is 37.7 Å².